The molecule has 3 aromatic rings. The fraction of sp³-hybridized carbons (Fsp3) is 0.100. The first-order chi connectivity index (χ1) is 12.6. The molecule has 2 aromatic carbocycles. The fourth-order valence-electron chi connectivity index (χ4n) is 2.38. The number of rotatable bonds is 5. The van der Waals surface area contributed by atoms with Crippen LogP contribution in [0.25, 0.3) is 11.4 Å². The molecule has 6 nitrogen and oxygen atoms in total. The Labute approximate surface area is 151 Å². The summed E-state index contributed by atoms with van der Waals surface area (Å²) in [6.07, 6.45) is 3.07. The monoisotopic (exact) mass is 346 g/mol. The highest BCUT2D eigenvalue weighted by Crippen LogP contribution is 2.14. The van der Waals surface area contributed by atoms with Crippen molar-refractivity contribution in [1.82, 2.24) is 15.3 Å². The maximum Gasteiger partial charge on any atom is 0.251 e. The number of hydrogen-bond donors (Lipinski definition) is 2. The number of carbonyl (C=O) groups is 2. The van der Waals surface area contributed by atoms with Gasteiger partial charge < -0.3 is 10.6 Å². The van der Waals surface area contributed by atoms with Crippen LogP contribution >= 0.6 is 0 Å². The lowest BCUT2D eigenvalue weighted by Gasteiger charge is -2.07. The largest absolute Gasteiger partial charge is 0.343 e. The van der Waals surface area contributed by atoms with Crippen molar-refractivity contribution < 1.29 is 9.59 Å². The van der Waals surface area contributed by atoms with E-state index in [2.05, 4.69) is 20.6 Å². The van der Waals surface area contributed by atoms with Crippen LogP contribution in [0, 0.1) is 6.92 Å². The zero-order valence-electron chi connectivity index (χ0n) is 14.3. The number of benzene rings is 2. The van der Waals surface area contributed by atoms with Crippen LogP contribution in [0.4, 0.5) is 5.69 Å². The average Bonchev–Trinajstić information content (AvgIpc) is 2.67. The van der Waals surface area contributed by atoms with E-state index in [4.69, 9.17) is 0 Å². The van der Waals surface area contributed by atoms with Crippen LogP contribution in [0.5, 0.6) is 0 Å². The van der Waals surface area contributed by atoms with Crippen molar-refractivity contribution in [2.24, 2.45) is 0 Å². The summed E-state index contributed by atoms with van der Waals surface area (Å²) in [5.74, 6) is -0.0575. The highest BCUT2D eigenvalue weighted by molar-refractivity contribution is 5.99. The van der Waals surface area contributed by atoms with Gasteiger partial charge in [0.05, 0.1) is 24.6 Å². The highest BCUT2D eigenvalue weighted by atomic mass is 16.2. The van der Waals surface area contributed by atoms with E-state index in [1.807, 2.05) is 43.3 Å². The molecule has 0 unspecified atom stereocenters. The van der Waals surface area contributed by atoms with Crippen LogP contribution in [0.15, 0.2) is 67.0 Å². The second-order valence-corrected chi connectivity index (χ2v) is 5.76. The summed E-state index contributed by atoms with van der Waals surface area (Å²) in [5.41, 5.74) is 2.88. The second kappa shape index (κ2) is 8.02. The van der Waals surface area contributed by atoms with Crippen LogP contribution in [0.2, 0.25) is 0 Å². The molecule has 2 N–H and O–H groups in total. The van der Waals surface area contributed by atoms with Crippen LogP contribution in [-0.4, -0.2) is 28.3 Å². The van der Waals surface area contributed by atoms with Crippen molar-refractivity contribution in [1.29, 1.82) is 0 Å². The van der Waals surface area contributed by atoms with Gasteiger partial charge in [0, 0.05) is 11.1 Å². The molecule has 0 saturated carbocycles. The second-order valence-electron chi connectivity index (χ2n) is 5.76. The van der Waals surface area contributed by atoms with Crippen LogP contribution in [0.3, 0.4) is 0 Å². The van der Waals surface area contributed by atoms with Gasteiger partial charge in [0.25, 0.3) is 5.91 Å². The quantitative estimate of drug-likeness (QED) is 0.744. The molecule has 0 fully saturated rings. The normalized spacial score (nSPS) is 10.2. The molecular weight excluding hydrogens is 328 g/mol. The van der Waals surface area contributed by atoms with Crippen LogP contribution in [-0.2, 0) is 4.79 Å². The number of anilines is 1. The Bertz CT molecular complexity index is 909. The first-order valence-electron chi connectivity index (χ1n) is 8.14. The Balaban J connectivity index is 1.54. The molecule has 26 heavy (non-hydrogen) atoms. The fourth-order valence-corrected chi connectivity index (χ4v) is 2.38. The number of nitrogens with one attached hydrogen (secondary N) is 2. The third-order valence-corrected chi connectivity index (χ3v) is 3.66. The van der Waals surface area contributed by atoms with Crippen LogP contribution < -0.4 is 10.6 Å². The van der Waals surface area contributed by atoms with Gasteiger partial charge in [0.15, 0.2) is 5.82 Å². The Morgan fingerprint density at radius 1 is 0.962 bits per heavy atom. The summed E-state index contributed by atoms with van der Waals surface area (Å²) in [6.45, 7) is 1.77. The number of carbonyl (C=O) groups excluding carboxylic acids is 2. The molecule has 1 aromatic heterocycles. The smallest absolute Gasteiger partial charge is 0.251 e. The molecule has 0 aliphatic rings. The lowest BCUT2D eigenvalue weighted by Crippen LogP contribution is -2.32. The zero-order valence-corrected chi connectivity index (χ0v) is 14.3. The summed E-state index contributed by atoms with van der Waals surface area (Å²) in [5, 5.41) is 5.25. The van der Waals surface area contributed by atoms with E-state index in [0.29, 0.717) is 17.1 Å². The molecule has 0 saturated heterocycles. The van der Waals surface area contributed by atoms with Crippen LogP contribution in [0.1, 0.15) is 15.9 Å². The average molecular weight is 346 g/mol. The molecular formula is C20H18N4O2. The molecule has 0 aliphatic carbocycles. The first kappa shape index (κ1) is 17.3. The van der Waals surface area contributed by atoms with Crippen molar-refractivity contribution in [2.75, 3.05) is 11.9 Å². The van der Waals surface area contributed by atoms with Gasteiger partial charge in [-0.2, -0.15) is 0 Å². The molecule has 1 heterocycles. The molecule has 3 rings (SSSR count). The van der Waals surface area contributed by atoms with Crippen molar-refractivity contribution in [2.45, 2.75) is 6.92 Å². The van der Waals surface area contributed by atoms with E-state index in [-0.39, 0.29) is 18.4 Å². The van der Waals surface area contributed by atoms with Crippen molar-refractivity contribution in [3.05, 3.63) is 78.1 Å². The van der Waals surface area contributed by atoms with Gasteiger partial charge in [0.1, 0.15) is 0 Å². The number of hydrogen-bond acceptors (Lipinski definition) is 4. The molecule has 6 heteroatoms. The number of nitrogens with zero attached hydrogens (tertiary/aromatic N) is 2. The number of amides is 2. The molecule has 0 aliphatic heterocycles. The standard InChI is InChI=1S/C20H18N4O2/c1-14-6-5-9-16(10-14)20(26)23-13-18(25)24-17-11-21-19(22-12-17)15-7-3-2-4-8-15/h2-12H,13H2,1H3,(H,23,26)(H,24,25). The van der Waals surface area contributed by atoms with Gasteiger partial charge in [-0.15, -0.1) is 0 Å². The number of aryl methyl sites for hydroxylation is 1. The van der Waals surface area contributed by atoms with Gasteiger partial charge in [-0.25, -0.2) is 9.97 Å². The molecule has 130 valence electrons. The lowest BCUT2D eigenvalue weighted by atomic mass is 10.1. The minimum atomic E-state index is -0.345. The molecule has 0 bridgehead atoms. The summed E-state index contributed by atoms with van der Waals surface area (Å²) in [6, 6.07) is 16.7. The van der Waals surface area contributed by atoms with E-state index < -0.39 is 0 Å². The molecule has 0 spiro atoms. The minimum absolute atomic E-state index is 0.132. The molecule has 0 radical (unpaired) electrons. The SMILES string of the molecule is Cc1cccc(C(=O)NCC(=O)Nc2cnc(-c3ccccc3)nc2)c1. The first-order valence-corrected chi connectivity index (χ1v) is 8.14. The summed E-state index contributed by atoms with van der Waals surface area (Å²) in [7, 11) is 0. The topological polar surface area (TPSA) is 84.0 Å². The zero-order chi connectivity index (χ0) is 18.4. The third-order valence-electron chi connectivity index (χ3n) is 3.66. The van der Waals surface area contributed by atoms with E-state index in [0.717, 1.165) is 11.1 Å². The van der Waals surface area contributed by atoms with E-state index in [9.17, 15) is 9.59 Å². The highest BCUT2D eigenvalue weighted by Gasteiger charge is 2.09. The van der Waals surface area contributed by atoms with Gasteiger partial charge in [-0.05, 0) is 19.1 Å². The van der Waals surface area contributed by atoms with Gasteiger partial charge >= 0.3 is 0 Å². The summed E-state index contributed by atoms with van der Waals surface area (Å²) in [4.78, 5) is 32.5. The van der Waals surface area contributed by atoms with Gasteiger partial charge in [-0.3, -0.25) is 9.59 Å². The van der Waals surface area contributed by atoms with E-state index >= 15 is 0 Å². The van der Waals surface area contributed by atoms with Gasteiger partial charge in [0.2, 0.25) is 5.91 Å². The summed E-state index contributed by atoms with van der Waals surface area (Å²) >= 11 is 0. The van der Waals surface area contributed by atoms with Crippen molar-refractivity contribution in [3.63, 3.8) is 0 Å². The predicted molar refractivity (Wildman–Crippen MR) is 99.6 cm³/mol. The Morgan fingerprint density at radius 2 is 1.69 bits per heavy atom. The van der Waals surface area contributed by atoms with Crippen molar-refractivity contribution in [3.8, 4) is 11.4 Å². The Morgan fingerprint density at radius 3 is 2.38 bits per heavy atom. The lowest BCUT2D eigenvalue weighted by molar-refractivity contribution is -0.115. The van der Waals surface area contributed by atoms with E-state index in [1.54, 1.807) is 18.2 Å². The minimum Gasteiger partial charge on any atom is -0.343 e. The Kier molecular flexibility index (Phi) is 5.34. The predicted octanol–water partition coefficient (Wildman–Crippen LogP) is 2.82. The number of aromatic nitrogens is 2. The van der Waals surface area contributed by atoms with E-state index in [1.165, 1.54) is 12.4 Å². The molecule has 0 atom stereocenters. The van der Waals surface area contributed by atoms with Crippen molar-refractivity contribution >= 4 is 17.5 Å². The maximum absolute atomic E-state index is 12.0. The van der Waals surface area contributed by atoms with Gasteiger partial charge in [-0.1, -0.05) is 48.0 Å². The third kappa shape index (κ3) is 4.51. The molecule has 2 amide bonds. The maximum atomic E-state index is 12.0. The summed E-state index contributed by atoms with van der Waals surface area (Å²) < 4.78 is 0. The Hall–Kier alpha value is -3.54.